The van der Waals surface area contributed by atoms with E-state index in [1.54, 1.807) is 6.33 Å². The van der Waals surface area contributed by atoms with E-state index in [-0.39, 0.29) is 0 Å². The Morgan fingerprint density at radius 2 is 2.25 bits per heavy atom. The molecule has 0 N–H and O–H groups in total. The highest BCUT2D eigenvalue weighted by atomic mass is 15.1. The first-order valence-electron chi connectivity index (χ1n) is 3.94. The van der Waals surface area contributed by atoms with Gasteiger partial charge in [0.2, 0.25) is 0 Å². The van der Waals surface area contributed by atoms with Crippen LogP contribution in [0.4, 0.5) is 0 Å². The predicted octanol–water partition coefficient (Wildman–Crippen LogP) is 0.926. The van der Waals surface area contributed by atoms with Gasteiger partial charge in [-0.3, -0.25) is 0 Å². The van der Waals surface area contributed by atoms with Crippen molar-refractivity contribution in [3.05, 3.63) is 18.3 Å². The second-order valence-corrected chi connectivity index (χ2v) is 2.70. The second-order valence-electron chi connectivity index (χ2n) is 2.70. The van der Waals surface area contributed by atoms with E-state index >= 15 is 0 Å². The molecule has 0 saturated heterocycles. The molecule has 0 aliphatic carbocycles. The molecule has 0 fully saturated rings. The van der Waals surface area contributed by atoms with Crippen molar-refractivity contribution in [2.45, 2.75) is 13.3 Å². The molecule has 0 aromatic carbocycles. The summed E-state index contributed by atoms with van der Waals surface area (Å²) in [7, 11) is 1.93. The molecule has 0 saturated carbocycles. The van der Waals surface area contributed by atoms with E-state index in [1.807, 2.05) is 24.7 Å². The van der Waals surface area contributed by atoms with Crippen LogP contribution in [0, 0.1) is 0 Å². The van der Waals surface area contributed by atoms with Gasteiger partial charge in [0.05, 0.1) is 12.5 Å². The minimum absolute atomic E-state index is 0.782. The third-order valence-corrected chi connectivity index (χ3v) is 1.85. The fraction of sp³-hybridized carbons (Fsp3) is 0.375. The van der Waals surface area contributed by atoms with E-state index in [0.717, 1.165) is 23.4 Å². The minimum Gasteiger partial charge on any atom is -0.331 e. The summed E-state index contributed by atoms with van der Waals surface area (Å²) < 4.78 is 1.91. The van der Waals surface area contributed by atoms with Crippen molar-refractivity contribution in [1.82, 2.24) is 19.5 Å². The van der Waals surface area contributed by atoms with Crippen molar-refractivity contribution in [2.75, 3.05) is 0 Å². The van der Waals surface area contributed by atoms with E-state index in [4.69, 9.17) is 0 Å². The number of nitrogens with zero attached hydrogens (tertiary/aromatic N) is 4. The second kappa shape index (κ2) is 2.55. The molecule has 4 heteroatoms. The average Bonchev–Trinajstić information content (AvgIpc) is 2.47. The van der Waals surface area contributed by atoms with Crippen molar-refractivity contribution < 1.29 is 0 Å². The Labute approximate surface area is 70.3 Å². The number of hydrogen-bond acceptors (Lipinski definition) is 3. The molecule has 0 spiro atoms. The zero-order chi connectivity index (χ0) is 8.55. The number of rotatable bonds is 1. The highest BCUT2D eigenvalue weighted by Gasteiger charge is 2.01. The summed E-state index contributed by atoms with van der Waals surface area (Å²) in [6.45, 7) is 2.03. The summed E-state index contributed by atoms with van der Waals surface area (Å²) in [5.74, 6) is 0.848. The van der Waals surface area contributed by atoms with Crippen LogP contribution >= 0.6 is 0 Å². The zero-order valence-electron chi connectivity index (χ0n) is 7.15. The van der Waals surface area contributed by atoms with E-state index in [1.165, 1.54) is 0 Å². The summed E-state index contributed by atoms with van der Waals surface area (Å²) in [4.78, 5) is 12.6. The Morgan fingerprint density at radius 1 is 1.42 bits per heavy atom. The van der Waals surface area contributed by atoms with Gasteiger partial charge in [-0.25, -0.2) is 15.0 Å². The molecule has 12 heavy (non-hydrogen) atoms. The van der Waals surface area contributed by atoms with Crippen molar-refractivity contribution in [3.63, 3.8) is 0 Å². The molecule has 2 aromatic heterocycles. The Morgan fingerprint density at radius 3 is 3.00 bits per heavy atom. The van der Waals surface area contributed by atoms with Gasteiger partial charge in [0.15, 0.2) is 5.65 Å². The Balaban J connectivity index is 2.69. The van der Waals surface area contributed by atoms with E-state index in [9.17, 15) is 0 Å². The van der Waals surface area contributed by atoms with Crippen molar-refractivity contribution in [2.24, 2.45) is 7.05 Å². The number of aryl methyl sites for hydroxylation is 2. The number of aromatic nitrogens is 4. The van der Waals surface area contributed by atoms with Gasteiger partial charge in [-0.2, -0.15) is 0 Å². The summed E-state index contributed by atoms with van der Waals surface area (Å²) in [6.07, 6.45) is 4.42. The van der Waals surface area contributed by atoms with Crippen LogP contribution < -0.4 is 0 Å². The summed E-state index contributed by atoms with van der Waals surface area (Å²) in [6, 6.07) is 0. The number of hydrogen-bond donors (Lipinski definition) is 0. The van der Waals surface area contributed by atoms with Crippen LogP contribution in [0.25, 0.3) is 11.2 Å². The van der Waals surface area contributed by atoms with Crippen LogP contribution in [-0.4, -0.2) is 19.5 Å². The summed E-state index contributed by atoms with van der Waals surface area (Å²) in [5.41, 5.74) is 1.76. The predicted molar refractivity (Wildman–Crippen MR) is 45.7 cm³/mol. The van der Waals surface area contributed by atoms with Gasteiger partial charge in [0, 0.05) is 13.5 Å². The van der Waals surface area contributed by atoms with Crippen LogP contribution in [-0.2, 0) is 13.5 Å². The Hall–Kier alpha value is -1.45. The fourth-order valence-electron chi connectivity index (χ4n) is 1.12. The van der Waals surface area contributed by atoms with E-state index < -0.39 is 0 Å². The van der Waals surface area contributed by atoms with Crippen LogP contribution in [0.15, 0.2) is 12.5 Å². The SMILES string of the molecule is CCc1ncc2c(ncn2C)n1. The minimum atomic E-state index is 0.782. The lowest BCUT2D eigenvalue weighted by Gasteiger charge is -1.94. The molecule has 0 aliphatic heterocycles. The Bertz CT molecular complexity index is 404. The third kappa shape index (κ3) is 0.958. The lowest BCUT2D eigenvalue weighted by atomic mass is 10.4. The highest BCUT2D eigenvalue weighted by Crippen LogP contribution is 2.06. The molecule has 0 radical (unpaired) electrons. The zero-order valence-corrected chi connectivity index (χ0v) is 7.15. The first-order chi connectivity index (χ1) is 5.81. The highest BCUT2D eigenvalue weighted by molar-refractivity contribution is 5.69. The van der Waals surface area contributed by atoms with Crippen molar-refractivity contribution in [1.29, 1.82) is 0 Å². The molecule has 2 rings (SSSR count). The molecule has 0 aliphatic rings. The maximum absolute atomic E-state index is 4.27. The monoisotopic (exact) mass is 162 g/mol. The van der Waals surface area contributed by atoms with Crippen molar-refractivity contribution in [3.8, 4) is 0 Å². The first-order valence-corrected chi connectivity index (χ1v) is 3.94. The topological polar surface area (TPSA) is 43.6 Å². The van der Waals surface area contributed by atoms with Gasteiger partial charge in [0.1, 0.15) is 11.3 Å². The molecule has 4 nitrogen and oxygen atoms in total. The third-order valence-electron chi connectivity index (χ3n) is 1.85. The van der Waals surface area contributed by atoms with Gasteiger partial charge in [0.25, 0.3) is 0 Å². The summed E-state index contributed by atoms with van der Waals surface area (Å²) in [5, 5.41) is 0. The molecular weight excluding hydrogens is 152 g/mol. The standard InChI is InChI=1S/C8H10N4/c1-3-7-9-4-6-8(11-7)10-5-12(6)2/h4-5H,3H2,1-2H3. The van der Waals surface area contributed by atoms with Crippen LogP contribution in [0.3, 0.4) is 0 Å². The fourth-order valence-corrected chi connectivity index (χ4v) is 1.12. The normalized spacial score (nSPS) is 10.8. The maximum Gasteiger partial charge on any atom is 0.180 e. The first kappa shape index (κ1) is 7.21. The van der Waals surface area contributed by atoms with Crippen LogP contribution in [0.1, 0.15) is 12.7 Å². The number of imidazole rings is 1. The number of fused-ring (bicyclic) bond motifs is 1. The van der Waals surface area contributed by atoms with Gasteiger partial charge in [-0.05, 0) is 0 Å². The van der Waals surface area contributed by atoms with Crippen molar-refractivity contribution >= 4 is 11.2 Å². The van der Waals surface area contributed by atoms with Crippen LogP contribution in [0.5, 0.6) is 0 Å². The summed E-state index contributed by atoms with van der Waals surface area (Å²) >= 11 is 0. The lowest BCUT2D eigenvalue weighted by Crippen LogP contribution is -1.93. The van der Waals surface area contributed by atoms with Gasteiger partial charge in [-0.15, -0.1) is 0 Å². The molecule has 2 heterocycles. The molecule has 0 amide bonds. The van der Waals surface area contributed by atoms with Gasteiger partial charge >= 0.3 is 0 Å². The van der Waals surface area contributed by atoms with Gasteiger partial charge < -0.3 is 4.57 Å². The molecular formula is C8H10N4. The van der Waals surface area contributed by atoms with Crippen LogP contribution in [0.2, 0.25) is 0 Å². The molecule has 62 valence electrons. The van der Waals surface area contributed by atoms with E-state index in [2.05, 4.69) is 15.0 Å². The molecule has 2 aromatic rings. The molecule has 0 atom stereocenters. The maximum atomic E-state index is 4.27. The quantitative estimate of drug-likeness (QED) is 0.626. The Kier molecular flexibility index (Phi) is 1.53. The molecule has 0 unspecified atom stereocenters. The molecule has 0 bridgehead atoms. The smallest absolute Gasteiger partial charge is 0.180 e. The lowest BCUT2D eigenvalue weighted by molar-refractivity contribution is 0.931. The average molecular weight is 162 g/mol. The van der Waals surface area contributed by atoms with E-state index in [0.29, 0.717) is 0 Å². The van der Waals surface area contributed by atoms with Gasteiger partial charge in [-0.1, -0.05) is 6.92 Å². The largest absolute Gasteiger partial charge is 0.331 e.